The molecule has 0 saturated heterocycles. The van der Waals surface area contributed by atoms with Gasteiger partial charge in [-0.05, 0) is 41.3 Å². The summed E-state index contributed by atoms with van der Waals surface area (Å²) in [5, 5.41) is 8.53. The summed E-state index contributed by atoms with van der Waals surface area (Å²) in [6, 6.07) is 21.8. The fraction of sp³-hybridized carbons (Fsp3) is 0.276. The van der Waals surface area contributed by atoms with E-state index in [1.165, 1.54) is 0 Å². The van der Waals surface area contributed by atoms with E-state index in [1.807, 2.05) is 86.6 Å². The van der Waals surface area contributed by atoms with Gasteiger partial charge >= 0.3 is 5.97 Å². The van der Waals surface area contributed by atoms with Crippen molar-refractivity contribution in [2.24, 2.45) is 5.92 Å². The highest BCUT2D eigenvalue weighted by Gasteiger charge is 2.27. The first-order chi connectivity index (χ1) is 17.3. The topological polar surface area (TPSA) is 97.6 Å². The van der Waals surface area contributed by atoms with E-state index in [0.717, 1.165) is 27.3 Å². The SMILES string of the molecule is CC(C)[C@H](NC(=O)Cc1cccc2ccccc12)C(=O)OCC(=O)N[C@@H](C)c1cc2ccccc2o1. The summed E-state index contributed by atoms with van der Waals surface area (Å²) in [4.78, 5) is 37.9. The number of esters is 1. The van der Waals surface area contributed by atoms with Crippen LogP contribution >= 0.6 is 0 Å². The van der Waals surface area contributed by atoms with Crippen molar-refractivity contribution in [3.63, 3.8) is 0 Å². The Hall–Kier alpha value is -4.13. The van der Waals surface area contributed by atoms with E-state index in [2.05, 4.69) is 10.6 Å². The monoisotopic (exact) mass is 486 g/mol. The largest absolute Gasteiger partial charge is 0.459 e. The minimum Gasteiger partial charge on any atom is -0.459 e. The van der Waals surface area contributed by atoms with Crippen LogP contribution in [0.1, 0.15) is 38.1 Å². The zero-order valence-electron chi connectivity index (χ0n) is 20.6. The van der Waals surface area contributed by atoms with Crippen molar-refractivity contribution < 1.29 is 23.5 Å². The van der Waals surface area contributed by atoms with Crippen LogP contribution in [0.15, 0.2) is 77.2 Å². The van der Waals surface area contributed by atoms with Crippen LogP contribution in [0.5, 0.6) is 0 Å². The van der Waals surface area contributed by atoms with Crippen LogP contribution in [-0.4, -0.2) is 30.4 Å². The highest BCUT2D eigenvalue weighted by atomic mass is 16.5. The number of benzene rings is 3. The standard InChI is InChI=1S/C29H30N2O5/c1-18(2)28(31-26(32)16-21-12-8-11-20-9-4-6-13-23(20)21)29(34)35-17-27(33)30-19(3)25-15-22-10-5-7-14-24(22)36-25/h4-15,18-19,28H,16-17H2,1-3H3,(H,30,33)(H,31,32)/t19-,28-/m0/s1. The van der Waals surface area contributed by atoms with Gasteiger partial charge < -0.3 is 19.8 Å². The Balaban J connectivity index is 1.31. The molecule has 0 aliphatic rings. The molecule has 7 nitrogen and oxygen atoms in total. The molecule has 0 aliphatic heterocycles. The van der Waals surface area contributed by atoms with Crippen molar-refractivity contribution in [2.45, 2.75) is 39.3 Å². The van der Waals surface area contributed by atoms with Crippen molar-refractivity contribution >= 4 is 39.5 Å². The lowest BCUT2D eigenvalue weighted by Gasteiger charge is -2.21. The van der Waals surface area contributed by atoms with Gasteiger partial charge in [0.05, 0.1) is 12.5 Å². The van der Waals surface area contributed by atoms with Gasteiger partial charge in [0.1, 0.15) is 17.4 Å². The third-order valence-corrected chi connectivity index (χ3v) is 6.06. The summed E-state index contributed by atoms with van der Waals surface area (Å²) in [6.45, 7) is 4.97. The zero-order valence-corrected chi connectivity index (χ0v) is 20.6. The van der Waals surface area contributed by atoms with Crippen LogP contribution in [0.2, 0.25) is 0 Å². The van der Waals surface area contributed by atoms with Gasteiger partial charge in [0, 0.05) is 5.39 Å². The molecular formula is C29H30N2O5. The van der Waals surface area contributed by atoms with Crippen LogP contribution in [-0.2, 0) is 25.5 Å². The van der Waals surface area contributed by atoms with Gasteiger partial charge in [-0.2, -0.15) is 0 Å². The molecule has 0 aliphatic carbocycles. The first-order valence-electron chi connectivity index (χ1n) is 12.0. The van der Waals surface area contributed by atoms with E-state index in [4.69, 9.17) is 9.15 Å². The van der Waals surface area contributed by atoms with E-state index in [9.17, 15) is 14.4 Å². The molecule has 2 atom stereocenters. The molecule has 2 amide bonds. The maximum absolute atomic E-state index is 12.8. The average molecular weight is 487 g/mol. The smallest absolute Gasteiger partial charge is 0.329 e. The lowest BCUT2D eigenvalue weighted by Crippen LogP contribution is -2.46. The molecule has 3 aromatic carbocycles. The molecule has 7 heteroatoms. The van der Waals surface area contributed by atoms with Gasteiger partial charge in [0.15, 0.2) is 6.61 Å². The van der Waals surface area contributed by atoms with Crippen molar-refractivity contribution in [1.29, 1.82) is 0 Å². The Kier molecular flexibility index (Phi) is 7.68. The summed E-state index contributed by atoms with van der Waals surface area (Å²) in [6.07, 6.45) is 0.132. The van der Waals surface area contributed by atoms with E-state index in [-0.39, 0.29) is 18.2 Å². The van der Waals surface area contributed by atoms with Gasteiger partial charge in [-0.25, -0.2) is 4.79 Å². The number of rotatable bonds is 9. The number of hydrogen-bond acceptors (Lipinski definition) is 5. The summed E-state index contributed by atoms with van der Waals surface area (Å²) in [5.41, 5.74) is 1.61. The van der Waals surface area contributed by atoms with Crippen molar-refractivity contribution in [2.75, 3.05) is 6.61 Å². The Labute approximate surface area is 209 Å². The summed E-state index contributed by atoms with van der Waals surface area (Å²) >= 11 is 0. The Morgan fingerprint density at radius 1 is 0.833 bits per heavy atom. The highest BCUT2D eigenvalue weighted by molar-refractivity contribution is 5.92. The molecule has 1 heterocycles. The van der Waals surface area contributed by atoms with Gasteiger partial charge in [-0.3, -0.25) is 9.59 Å². The molecule has 0 fully saturated rings. The Morgan fingerprint density at radius 2 is 1.53 bits per heavy atom. The van der Waals surface area contributed by atoms with Crippen molar-refractivity contribution in [3.8, 4) is 0 Å². The van der Waals surface area contributed by atoms with Crippen LogP contribution in [0.25, 0.3) is 21.7 Å². The molecule has 186 valence electrons. The van der Waals surface area contributed by atoms with E-state index in [1.54, 1.807) is 6.92 Å². The zero-order chi connectivity index (χ0) is 25.7. The fourth-order valence-electron chi connectivity index (χ4n) is 4.14. The molecule has 2 N–H and O–H groups in total. The number of amides is 2. The molecule has 1 aromatic heterocycles. The number of para-hydroxylation sites is 1. The van der Waals surface area contributed by atoms with Gasteiger partial charge in [-0.1, -0.05) is 74.5 Å². The summed E-state index contributed by atoms with van der Waals surface area (Å²) in [5.74, 6) is -1.00. The Morgan fingerprint density at radius 3 is 2.28 bits per heavy atom. The number of nitrogens with one attached hydrogen (secondary N) is 2. The minimum atomic E-state index is -0.868. The number of ether oxygens (including phenoxy) is 1. The normalized spacial score (nSPS) is 12.9. The summed E-state index contributed by atoms with van der Waals surface area (Å²) < 4.78 is 11.0. The van der Waals surface area contributed by atoms with Crippen LogP contribution in [0.4, 0.5) is 0 Å². The van der Waals surface area contributed by atoms with Crippen molar-refractivity contribution in [3.05, 3.63) is 84.1 Å². The highest BCUT2D eigenvalue weighted by Crippen LogP contribution is 2.23. The van der Waals surface area contributed by atoms with E-state index >= 15 is 0 Å². The van der Waals surface area contributed by atoms with Crippen molar-refractivity contribution in [1.82, 2.24) is 10.6 Å². The number of carbonyl (C=O) groups is 3. The van der Waals surface area contributed by atoms with Gasteiger partial charge in [0.2, 0.25) is 5.91 Å². The molecule has 36 heavy (non-hydrogen) atoms. The lowest BCUT2D eigenvalue weighted by atomic mass is 10.0. The van der Waals surface area contributed by atoms with E-state index < -0.39 is 30.6 Å². The van der Waals surface area contributed by atoms with Gasteiger partial charge in [-0.15, -0.1) is 0 Å². The molecular weight excluding hydrogens is 456 g/mol. The molecule has 0 unspecified atom stereocenters. The van der Waals surface area contributed by atoms with Gasteiger partial charge in [0.25, 0.3) is 5.91 Å². The van der Waals surface area contributed by atoms with Crippen LogP contribution in [0.3, 0.4) is 0 Å². The lowest BCUT2D eigenvalue weighted by molar-refractivity contribution is -0.153. The molecule has 4 aromatic rings. The molecule has 0 saturated carbocycles. The number of fused-ring (bicyclic) bond motifs is 2. The van der Waals surface area contributed by atoms with Crippen LogP contribution in [0, 0.1) is 5.92 Å². The second kappa shape index (κ2) is 11.1. The molecule has 0 bridgehead atoms. The first-order valence-corrected chi connectivity index (χ1v) is 12.0. The van der Waals surface area contributed by atoms with E-state index in [0.29, 0.717) is 5.76 Å². The third-order valence-electron chi connectivity index (χ3n) is 6.06. The quantitative estimate of drug-likeness (QED) is 0.335. The molecule has 0 spiro atoms. The molecule has 0 radical (unpaired) electrons. The maximum Gasteiger partial charge on any atom is 0.329 e. The number of hydrogen-bond donors (Lipinski definition) is 2. The average Bonchev–Trinajstić information content (AvgIpc) is 3.30. The second-order valence-corrected chi connectivity index (χ2v) is 9.19. The number of carbonyl (C=O) groups excluding carboxylic acids is 3. The Bertz CT molecular complexity index is 1350. The fourth-order valence-corrected chi connectivity index (χ4v) is 4.14. The second-order valence-electron chi connectivity index (χ2n) is 9.19. The minimum absolute atomic E-state index is 0.132. The predicted octanol–water partition coefficient (Wildman–Crippen LogP) is 4.69. The third kappa shape index (κ3) is 5.92. The van der Waals surface area contributed by atoms with Crippen LogP contribution < -0.4 is 10.6 Å². The maximum atomic E-state index is 12.8. The molecule has 4 rings (SSSR count). The first kappa shape index (κ1) is 25.0. The summed E-state index contributed by atoms with van der Waals surface area (Å²) in [7, 11) is 0. The number of furan rings is 1. The predicted molar refractivity (Wildman–Crippen MR) is 138 cm³/mol.